The van der Waals surface area contributed by atoms with Crippen LogP contribution in [-0.4, -0.2) is 10.9 Å². The van der Waals surface area contributed by atoms with Gasteiger partial charge in [0.2, 0.25) is 0 Å². The zero-order valence-electron chi connectivity index (χ0n) is 11.5. The van der Waals surface area contributed by atoms with Crippen molar-refractivity contribution in [3.63, 3.8) is 0 Å². The van der Waals surface area contributed by atoms with Gasteiger partial charge >= 0.3 is 0 Å². The second-order valence-corrected chi connectivity index (χ2v) is 7.09. The molecule has 1 rings (SSSR count). The molecule has 0 bridgehead atoms. The minimum absolute atomic E-state index is 0.119. The van der Waals surface area contributed by atoms with E-state index in [1.165, 1.54) is 5.56 Å². The molecule has 1 atom stereocenters. The summed E-state index contributed by atoms with van der Waals surface area (Å²) in [6.45, 7) is 10.9. The van der Waals surface area contributed by atoms with Gasteiger partial charge in [0.25, 0.3) is 0 Å². The van der Waals surface area contributed by atoms with E-state index < -0.39 is 0 Å². The predicted octanol–water partition coefficient (Wildman–Crippen LogP) is 4.92. The normalized spacial score (nSPS) is 13.8. The van der Waals surface area contributed by atoms with E-state index in [9.17, 15) is 0 Å². The number of benzene rings is 1. The van der Waals surface area contributed by atoms with Crippen LogP contribution in [0, 0.1) is 0 Å². The molecule has 0 spiro atoms. The minimum atomic E-state index is 0.119. The van der Waals surface area contributed by atoms with Crippen LogP contribution in [0.4, 0.5) is 0 Å². The van der Waals surface area contributed by atoms with Gasteiger partial charge in [0.15, 0.2) is 0 Å². The lowest BCUT2D eigenvalue weighted by Gasteiger charge is -2.29. The molecular weight excluding hydrogens is 276 g/mol. The SMILES string of the molecule is CC(Br)CC(C)(C)c1ccccc1OC(C)C. The number of halogens is 1. The molecular formula is C15H23BrO. The van der Waals surface area contributed by atoms with Gasteiger partial charge in [0, 0.05) is 4.83 Å². The fraction of sp³-hybridized carbons (Fsp3) is 0.600. The summed E-state index contributed by atoms with van der Waals surface area (Å²) in [6, 6.07) is 8.36. The zero-order valence-corrected chi connectivity index (χ0v) is 13.0. The third kappa shape index (κ3) is 4.34. The smallest absolute Gasteiger partial charge is 0.123 e. The fourth-order valence-electron chi connectivity index (χ4n) is 2.20. The number of alkyl halides is 1. The molecule has 0 radical (unpaired) electrons. The zero-order chi connectivity index (χ0) is 13.1. The van der Waals surface area contributed by atoms with Crippen molar-refractivity contribution >= 4 is 15.9 Å². The molecule has 1 aromatic rings. The van der Waals surface area contributed by atoms with Crippen LogP contribution >= 0.6 is 15.9 Å². The molecule has 0 aromatic heterocycles. The number of para-hydroxylation sites is 1. The van der Waals surface area contributed by atoms with Crippen LogP contribution in [0.15, 0.2) is 24.3 Å². The molecule has 17 heavy (non-hydrogen) atoms. The second kappa shape index (κ2) is 5.90. The molecule has 2 heteroatoms. The Balaban J connectivity index is 3.03. The largest absolute Gasteiger partial charge is 0.491 e. The Bertz CT molecular complexity index is 356. The quantitative estimate of drug-likeness (QED) is 0.701. The highest BCUT2D eigenvalue weighted by Gasteiger charge is 2.26. The van der Waals surface area contributed by atoms with Crippen LogP contribution in [0.25, 0.3) is 0 Å². The van der Waals surface area contributed by atoms with Crippen molar-refractivity contribution in [2.75, 3.05) is 0 Å². The molecule has 0 aliphatic rings. The van der Waals surface area contributed by atoms with Crippen molar-refractivity contribution in [1.82, 2.24) is 0 Å². The molecule has 0 N–H and O–H groups in total. The Kier molecular flexibility index (Phi) is 5.05. The molecule has 0 saturated carbocycles. The summed E-state index contributed by atoms with van der Waals surface area (Å²) in [5.41, 5.74) is 1.41. The van der Waals surface area contributed by atoms with E-state index in [0.717, 1.165) is 12.2 Å². The average Bonchev–Trinajstić information content (AvgIpc) is 2.15. The van der Waals surface area contributed by atoms with Gasteiger partial charge in [-0.25, -0.2) is 0 Å². The molecule has 0 fully saturated rings. The first-order valence-electron chi connectivity index (χ1n) is 6.23. The Labute approximate surface area is 114 Å². The van der Waals surface area contributed by atoms with E-state index >= 15 is 0 Å². The maximum absolute atomic E-state index is 5.90. The lowest BCUT2D eigenvalue weighted by Crippen LogP contribution is -2.22. The van der Waals surface area contributed by atoms with Crippen LogP contribution in [0.2, 0.25) is 0 Å². The number of hydrogen-bond acceptors (Lipinski definition) is 1. The first-order chi connectivity index (χ1) is 7.83. The van der Waals surface area contributed by atoms with Gasteiger partial charge in [-0.2, -0.15) is 0 Å². The summed E-state index contributed by atoms with van der Waals surface area (Å²) in [6.07, 6.45) is 1.30. The average molecular weight is 299 g/mol. The van der Waals surface area contributed by atoms with Crippen LogP contribution < -0.4 is 4.74 Å². The Morgan fingerprint density at radius 3 is 2.29 bits per heavy atom. The van der Waals surface area contributed by atoms with Gasteiger partial charge in [0.1, 0.15) is 5.75 Å². The van der Waals surface area contributed by atoms with E-state index in [0.29, 0.717) is 4.83 Å². The fourth-order valence-corrected chi connectivity index (χ4v) is 3.00. The summed E-state index contributed by atoms with van der Waals surface area (Å²) in [5.74, 6) is 1.01. The van der Waals surface area contributed by atoms with Crippen molar-refractivity contribution in [3.8, 4) is 5.75 Å². The molecule has 0 aliphatic heterocycles. The van der Waals surface area contributed by atoms with E-state index in [2.05, 4.69) is 68.7 Å². The highest BCUT2D eigenvalue weighted by molar-refractivity contribution is 9.09. The summed E-state index contributed by atoms with van der Waals surface area (Å²) in [5, 5.41) is 0. The maximum Gasteiger partial charge on any atom is 0.123 e. The third-order valence-electron chi connectivity index (χ3n) is 2.77. The number of ether oxygens (including phenoxy) is 1. The Hall–Kier alpha value is -0.500. The first kappa shape index (κ1) is 14.6. The van der Waals surface area contributed by atoms with Crippen molar-refractivity contribution in [2.24, 2.45) is 0 Å². The van der Waals surface area contributed by atoms with Gasteiger partial charge in [0.05, 0.1) is 6.10 Å². The second-order valence-electron chi connectivity index (χ2n) is 5.53. The molecule has 1 unspecified atom stereocenters. The van der Waals surface area contributed by atoms with Gasteiger partial charge in [-0.05, 0) is 37.3 Å². The van der Waals surface area contributed by atoms with E-state index in [-0.39, 0.29) is 11.5 Å². The minimum Gasteiger partial charge on any atom is -0.491 e. The highest BCUT2D eigenvalue weighted by atomic mass is 79.9. The van der Waals surface area contributed by atoms with Crippen LogP contribution in [0.3, 0.4) is 0 Å². The van der Waals surface area contributed by atoms with Gasteiger partial charge < -0.3 is 4.74 Å². The van der Waals surface area contributed by atoms with E-state index in [1.807, 2.05) is 6.07 Å². The maximum atomic E-state index is 5.90. The molecule has 1 aromatic carbocycles. The predicted molar refractivity (Wildman–Crippen MR) is 78.2 cm³/mol. The van der Waals surface area contributed by atoms with Gasteiger partial charge in [-0.3, -0.25) is 0 Å². The Morgan fingerprint density at radius 2 is 1.76 bits per heavy atom. The van der Waals surface area contributed by atoms with Crippen LogP contribution in [0.1, 0.15) is 46.6 Å². The lowest BCUT2D eigenvalue weighted by molar-refractivity contribution is 0.235. The van der Waals surface area contributed by atoms with Crippen LogP contribution in [0.5, 0.6) is 5.75 Å². The molecule has 0 amide bonds. The first-order valence-corrected chi connectivity index (χ1v) is 7.14. The Morgan fingerprint density at radius 1 is 1.18 bits per heavy atom. The summed E-state index contributed by atoms with van der Waals surface area (Å²) >= 11 is 3.64. The lowest BCUT2D eigenvalue weighted by atomic mass is 9.80. The van der Waals surface area contributed by atoms with Gasteiger partial charge in [-0.15, -0.1) is 0 Å². The highest BCUT2D eigenvalue weighted by Crippen LogP contribution is 2.36. The molecule has 1 nitrogen and oxygen atoms in total. The van der Waals surface area contributed by atoms with Crippen molar-refractivity contribution in [3.05, 3.63) is 29.8 Å². The topological polar surface area (TPSA) is 9.23 Å². The molecule has 96 valence electrons. The third-order valence-corrected chi connectivity index (χ3v) is 3.09. The van der Waals surface area contributed by atoms with Gasteiger partial charge in [-0.1, -0.05) is 54.9 Å². The summed E-state index contributed by atoms with van der Waals surface area (Å²) in [7, 11) is 0. The molecule has 0 saturated heterocycles. The van der Waals surface area contributed by atoms with Crippen molar-refractivity contribution < 1.29 is 4.74 Å². The number of rotatable bonds is 5. The molecule has 0 heterocycles. The monoisotopic (exact) mass is 298 g/mol. The molecule has 0 aliphatic carbocycles. The summed E-state index contributed by atoms with van der Waals surface area (Å²) in [4.78, 5) is 0.504. The van der Waals surface area contributed by atoms with Crippen molar-refractivity contribution in [1.29, 1.82) is 0 Å². The van der Waals surface area contributed by atoms with Crippen molar-refractivity contribution in [2.45, 2.75) is 57.4 Å². The van der Waals surface area contributed by atoms with E-state index in [1.54, 1.807) is 0 Å². The van der Waals surface area contributed by atoms with Crippen LogP contribution in [-0.2, 0) is 5.41 Å². The standard InChI is InChI=1S/C15H23BrO/c1-11(2)17-14-9-7-6-8-13(14)15(4,5)10-12(3)16/h6-9,11-12H,10H2,1-5H3. The number of hydrogen-bond donors (Lipinski definition) is 0. The van der Waals surface area contributed by atoms with E-state index in [4.69, 9.17) is 4.74 Å². The summed E-state index contributed by atoms with van der Waals surface area (Å²) < 4.78 is 5.90.